The lowest BCUT2D eigenvalue weighted by Gasteiger charge is -2.03. The Balaban J connectivity index is 2.12. The van der Waals surface area contributed by atoms with Crippen molar-refractivity contribution in [1.29, 1.82) is 0 Å². The molecule has 0 unspecified atom stereocenters. The lowest BCUT2D eigenvalue weighted by atomic mass is 10.3. The molecule has 98 valence electrons. The zero-order valence-corrected chi connectivity index (χ0v) is 11.7. The maximum absolute atomic E-state index is 5.57. The molecule has 1 aromatic carbocycles. The first kappa shape index (κ1) is 12.3. The van der Waals surface area contributed by atoms with Gasteiger partial charge in [0.2, 0.25) is 0 Å². The van der Waals surface area contributed by atoms with Crippen LogP contribution in [-0.2, 0) is 13.0 Å². The van der Waals surface area contributed by atoms with Gasteiger partial charge in [-0.05, 0) is 25.6 Å². The monoisotopic (exact) mass is 272 g/mol. The van der Waals surface area contributed by atoms with E-state index in [1.165, 1.54) is 0 Å². The Labute approximate surface area is 115 Å². The van der Waals surface area contributed by atoms with E-state index in [4.69, 9.17) is 10.7 Å². The maximum Gasteiger partial charge on any atom is 0.160 e. The SMILES string of the molecule is CCn1c(-c2csc(CCN)n2)nc2ccccc21. The molecular weight excluding hydrogens is 256 g/mol. The van der Waals surface area contributed by atoms with E-state index in [0.717, 1.165) is 40.5 Å². The van der Waals surface area contributed by atoms with E-state index >= 15 is 0 Å². The molecule has 5 heteroatoms. The third kappa shape index (κ3) is 2.15. The van der Waals surface area contributed by atoms with Crippen molar-refractivity contribution in [1.82, 2.24) is 14.5 Å². The molecule has 2 aromatic heterocycles. The quantitative estimate of drug-likeness (QED) is 0.794. The summed E-state index contributed by atoms with van der Waals surface area (Å²) >= 11 is 1.65. The van der Waals surface area contributed by atoms with E-state index in [1.807, 2.05) is 18.2 Å². The van der Waals surface area contributed by atoms with Gasteiger partial charge in [0.15, 0.2) is 5.82 Å². The van der Waals surface area contributed by atoms with E-state index in [0.29, 0.717) is 6.54 Å². The minimum atomic E-state index is 0.636. The molecule has 0 atom stereocenters. The van der Waals surface area contributed by atoms with Crippen molar-refractivity contribution < 1.29 is 0 Å². The summed E-state index contributed by atoms with van der Waals surface area (Å²) in [6, 6.07) is 8.20. The Kier molecular flexibility index (Phi) is 3.31. The first-order valence-corrected chi connectivity index (χ1v) is 7.31. The number of aromatic nitrogens is 3. The Hall–Kier alpha value is -1.72. The van der Waals surface area contributed by atoms with Crippen molar-refractivity contribution in [3.8, 4) is 11.5 Å². The van der Waals surface area contributed by atoms with Crippen LogP contribution in [0.25, 0.3) is 22.6 Å². The normalized spacial score (nSPS) is 11.3. The van der Waals surface area contributed by atoms with Crippen molar-refractivity contribution in [2.45, 2.75) is 19.9 Å². The standard InChI is InChI=1S/C14H16N4S/c1-2-18-12-6-4-3-5-10(12)17-14(18)11-9-19-13(16-11)7-8-15/h3-6,9H,2,7-8,15H2,1H3. The second-order valence-electron chi connectivity index (χ2n) is 4.33. The zero-order valence-electron chi connectivity index (χ0n) is 10.8. The van der Waals surface area contributed by atoms with Crippen LogP contribution in [0.3, 0.4) is 0 Å². The van der Waals surface area contributed by atoms with Crippen LogP contribution in [-0.4, -0.2) is 21.1 Å². The van der Waals surface area contributed by atoms with Gasteiger partial charge in [0.25, 0.3) is 0 Å². The number of rotatable bonds is 4. The number of thiazole rings is 1. The Morgan fingerprint density at radius 1 is 1.26 bits per heavy atom. The molecule has 0 saturated heterocycles. The van der Waals surface area contributed by atoms with Crippen molar-refractivity contribution in [2.75, 3.05) is 6.54 Å². The van der Waals surface area contributed by atoms with Crippen molar-refractivity contribution in [3.05, 3.63) is 34.7 Å². The molecule has 0 bridgehead atoms. The summed E-state index contributed by atoms with van der Waals surface area (Å²) in [7, 11) is 0. The molecule has 4 nitrogen and oxygen atoms in total. The molecule has 0 saturated carbocycles. The first-order valence-electron chi connectivity index (χ1n) is 6.43. The summed E-state index contributed by atoms with van der Waals surface area (Å²) in [6.45, 7) is 3.65. The summed E-state index contributed by atoms with van der Waals surface area (Å²) in [6.07, 6.45) is 0.830. The summed E-state index contributed by atoms with van der Waals surface area (Å²) in [5.74, 6) is 0.947. The van der Waals surface area contributed by atoms with E-state index in [1.54, 1.807) is 11.3 Å². The van der Waals surface area contributed by atoms with Crippen molar-refractivity contribution in [3.63, 3.8) is 0 Å². The topological polar surface area (TPSA) is 56.7 Å². The van der Waals surface area contributed by atoms with Gasteiger partial charge < -0.3 is 10.3 Å². The highest BCUT2D eigenvalue weighted by atomic mass is 32.1. The molecule has 0 aliphatic carbocycles. The third-order valence-electron chi connectivity index (χ3n) is 3.11. The molecule has 3 rings (SSSR count). The van der Waals surface area contributed by atoms with Gasteiger partial charge in [-0.1, -0.05) is 12.1 Å². The second-order valence-corrected chi connectivity index (χ2v) is 5.28. The van der Waals surface area contributed by atoms with Crippen LogP contribution in [0.5, 0.6) is 0 Å². The number of hydrogen-bond acceptors (Lipinski definition) is 4. The molecule has 0 fully saturated rings. The first-order chi connectivity index (χ1) is 9.33. The zero-order chi connectivity index (χ0) is 13.2. The van der Waals surface area contributed by atoms with Gasteiger partial charge in [-0.15, -0.1) is 11.3 Å². The van der Waals surface area contributed by atoms with Gasteiger partial charge in [0.1, 0.15) is 5.69 Å². The van der Waals surface area contributed by atoms with Crippen LogP contribution < -0.4 is 5.73 Å². The highest BCUT2D eigenvalue weighted by Crippen LogP contribution is 2.26. The van der Waals surface area contributed by atoms with E-state index in [-0.39, 0.29) is 0 Å². The number of benzene rings is 1. The van der Waals surface area contributed by atoms with Gasteiger partial charge in [0, 0.05) is 18.3 Å². The molecular formula is C14H16N4S. The fraction of sp³-hybridized carbons (Fsp3) is 0.286. The van der Waals surface area contributed by atoms with E-state index < -0.39 is 0 Å². The molecule has 3 aromatic rings. The number of hydrogen-bond donors (Lipinski definition) is 1. The molecule has 2 heterocycles. The van der Waals surface area contributed by atoms with Crippen LogP contribution >= 0.6 is 11.3 Å². The fourth-order valence-corrected chi connectivity index (χ4v) is 3.04. The van der Waals surface area contributed by atoms with Crippen molar-refractivity contribution in [2.24, 2.45) is 5.73 Å². The van der Waals surface area contributed by atoms with Gasteiger partial charge in [0.05, 0.1) is 16.0 Å². The van der Waals surface area contributed by atoms with Crippen LogP contribution in [0.4, 0.5) is 0 Å². The summed E-state index contributed by atoms with van der Waals surface area (Å²) < 4.78 is 2.20. The third-order valence-corrected chi connectivity index (χ3v) is 4.02. The smallest absolute Gasteiger partial charge is 0.160 e. The number of imidazole rings is 1. The van der Waals surface area contributed by atoms with Crippen LogP contribution in [0, 0.1) is 0 Å². The highest BCUT2D eigenvalue weighted by molar-refractivity contribution is 7.09. The molecule has 0 aliphatic rings. The lowest BCUT2D eigenvalue weighted by Crippen LogP contribution is -2.02. The van der Waals surface area contributed by atoms with Gasteiger partial charge >= 0.3 is 0 Å². The lowest BCUT2D eigenvalue weighted by molar-refractivity contribution is 0.793. The largest absolute Gasteiger partial charge is 0.330 e. The predicted octanol–water partition coefficient (Wildman–Crippen LogP) is 2.68. The Morgan fingerprint density at radius 3 is 2.89 bits per heavy atom. The van der Waals surface area contributed by atoms with Crippen LogP contribution in [0.1, 0.15) is 11.9 Å². The minimum absolute atomic E-state index is 0.636. The molecule has 0 radical (unpaired) electrons. The molecule has 19 heavy (non-hydrogen) atoms. The molecule has 2 N–H and O–H groups in total. The number of nitrogens with two attached hydrogens (primary N) is 1. The Morgan fingerprint density at radius 2 is 2.11 bits per heavy atom. The fourth-order valence-electron chi connectivity index (χ4n) is 2.24. The van der Waals surface area contributed by atoms with E-state index in [9.17, 15) is 0 Å². The van der Waals surface area contributed by atoms with Crippen LogP contribution in [0.15, 0.2) is 29.6 Å². The molecule has 0 amide bonds. The Bertz CT molecular complexity index is 698. The molecule has 0 spiro atoms. The number of para-hydroxylation sites is 2. The van der Waals surface area contributed by atoms with Crippen molar-refractivity contribution >= 4 is 22.4 Å². The maximum atomic E-state index is 5.57. The van der Waals surface area contributed by atoms with Gasteiger partial charge in [-0.25, -0.2) is 9.97 Å². The number of aryl methyl sites for hydroxylation is 1. The van der Waals surface area contributed by atoms with Gasteiger partial charge in [-0.2, -0.15) is 0 Å². The van der Waals surface area contributed by atoms with Crippen LogP contribution in [0.2, 0.25) is 0 Å². The molecule has 0 aliphatic heterocycles. The van der Waals surface area contributed by atoms with E-state index in [2.05, 4.69) is 27.9 Å². The highest BCUT2D eigenvalue weighted by Gasteiger charge is 2.13. The average Bonchev–Trinajstić information content (AvgIpc) is 3.02. The summed E-state index contributed by atoms with van der Waals surface area (Å²) in [5, 5.41) is 3.14. The predicted molar refractivity (Wildman–Crippen MR) is 79.3 cm³/mol. The summed E-state index contributed by atoms with van der Waals surface area (Å²) in [5.41, 5.74) is 8.70. The second kappa shape index (κ2) is 5.11. The average molecular weight is 272 g/mol. The van der Waals surface area contributed by atoms with Gasteiger partial charge in [-0.3, -0.25) is 0 Å². The minimum Gasteiger partial charge on any atom is -0.330 e. The number of fused-ring (bicyclic) bond motifs is 1. The number of nitrogens with zero attached hydrogens (tertiary/aromatic N) is 3. The summed E-state index contributed by atoms with van der Waals surface area (Å²) in [4.78, 5) is 9.33.